The molecule has 9 nitrogen and oxygen atoms in total. The lowest BCUT2D eigenvalue weighted by Gasteiger charge is -2.16. The Labute approximate surface area is 152 Å². The Morgan fingerprint density at radius 2 is 1.77 bits per heavy atom. The zero-order valence-electron chi connectivity index (χ0n) is 14.9. The predicted octanol–water partition coefficient (Wildman–Crippen LogP) is 0.335. The van der Waals surface area contributed by atoms with E-state index in [0.29, 0.717) is 12.2 Å². The van der Waals surface area contributed by atoms with Gasteiger partial charge in [-0.2, -0.15) is 4.31 Å². The summed E-state index contributed by atoms with van der Waals surface area (Å²) in [4.78, 5) is 34.0. The van der Waals surface area contributed by atoms with Crippen molar-refractivity contribution in [3.05, 3.63) is 24.3 Å². The fourth-order valence-electron chi connectivity index (χ4n) is 1.87. The van der Waals surface area contributed by atoms with Gasteiger partial charge in [-0.05, 0) is 30.7 Å². The molecule has 1 aromatic rings. The number of nitrogens with zero attached hydrogens (tertiary/aromatic N) is 1. The largest absolute Gasteiger partial charge is 0.455 e. The Hall–Kier alpha value is -2.46. The molecule has 26 heavy (non-hydrogen) atoms. The van der Waals surface area contributed by atoms with Crippen molar-refractivity contribution < 1.29 is 27.5 Å². The van der Waals surface area contributed by atoms with Crippen molar-refractivity contribution in [2.45, 2.75) is 25.2 Å². The fraction of sp³-hybridized carbons (Fsp3) is 0.438. The van der Waals surface area contributed by atoms with Gasteiger partial charge in [-0.1, -0.05) is 6.92 Å². The number of hydrogen-bond donors (Lipinski definition) is 2. The molecular weight excluding hydrogens is 362 g/mol. The van der Waals surface area contributed by atoms with Crippen molar-refractivity contribution in [1.82, 2.24) is 9.62 Å². The predicted molar refractivity (Wildman–Crippen MR) is 94.8 cm³/mol. The molecule has 0 atom stereocenters. The number of nitrogens with one attached hydrogen (secondary N) is 2. The molecule has 0 aromatic heterocycles. The van der Waals surface area contributed by atoms with Crippen molar-refractivity contribution in [3.8, 4) is 0 Å². The van der Waals surface area contributed by atoms with Crippen LogP contribution >= 0.6 is 0 Å². The first-order valence-electron chi connectivity index (χ1n) is 7.93. The number of carbonyl (C=O) groups excluding carboxylic acids is 3. The molecule has 0 unspecified atom stereocenters. The second-order valence-electron chi connectivity index (χ2n) is 5.48. The van der Waals surface area contributed by atoms with E-state index < -0.39 is 35.1 Å². The molecule has 144 valence electrons. The van der Waals surface area contributed by atoms with Crippen molar-refractivity contribution >= 4 is 33.5 Å². The maximum Gasteiger partial charge on any atom is 0.321 e. The van der Waals surface area contributed by atoms with Crippen LogP contribution in [0, 0.1) is 0 Å². The number of esters is 1. The van der Waals surface area contributed by atoms with Gasteiger partial charge in [0.1, 0.15) is 6.54 Å². The summed E-state index contributed by atoms with van der Waals surface area (Å²) in [5, 5.41) is 5.07. The molecule has 1 rings (SSSR count). The van der Waals surface area contributed by atoms with Gasteiger partial charge >= 0.3 is 5.97 Å². The summed E-state index contributed by atoms with van der Waals surface area (Å²) in [7, 11) is -2.68. The maximum absolute atomic E-state index is 12.4. The van der Waals surface area contributed by atoms with Gasteiger partial charge in [0.15, 0.2) is 6.61 Å². The number of likely N-dealkylation sites (N-methyl/N-ethyl adjacent to an activating group) is 1. The molecule has 0 spiro atoms. The molecule has 0 aliphatic heterocycles. The van der Waals surface area contributed by atoms with E-state index in [1.807, 2.05) is 6.92 Å². The Kier molecular flexibility index (Phi) is 8.20. The molecule has 0 aliphatic carbocycles. The van der Waals surface area contributed by atoms with Crippen LogP contribution in [0.15, 0.2) is 29.2 Å². The number of carbonyl (C=O) groups is 3. The Morgan fingerprint density at radius 3 is 2.31 bits per heavy atom. The van der Waals surface area contributed by atoms with Crippen LogP contribution < -0.4 is 10.6 Å². The maximum atomic E-state index is 12.4. The number of anilines is 1. The highest BCUT2D eigenvalue weighted by Gasteiger charge is 2.23. The molecule has 2 amide bonds. The van der Waals surface area contributed by atoms with Gasteiger partial charge < -0.3 is 15.4 Å². The highest BCUT2D eigenvalue weighted by Crippen LogP contribution is 2.17. The third-order valence-electron chi connectivity index (χ3n) is 3.17. The third-order valence-corrected chi connectivity index (χ3v) is 4.99. The van der Waals surface area contributed by atoms with E-state index in [4.69, 9.17) is 4.74 Å². The van der Waals surface area contributed by atoms with Crippen LogP contribution in [-0.2, 0) is 29.1 Å². The monoisotopic (exact) mass is 385 g/mol. The molecule has 0 saturated heterocycles. The molecular formula is C16H23N3O6S. The first-order chi connectivity index (χ1) is 12.2. The van der Waals surface area contributed by atoms with E-state index in [0.717, 1.165) is 10.7 Å². The number of sulfonamides is 1. The molecule has 2 N–H and O–H groups in total. The number of ether oxygens (including phenoxy) is 1. The highest BCUT2D eigenvalue weighted by atomic mass is 32.2. The normalized spacial score (nSPS) is 11.1. The summed E-state index contributed by atoms with van der Waals surface area (Å²) in [6.45, 7) is 2.70. The quantitative estimate of drug-likeness (QED) is 0.591. The van der Waals surface area contributed by atoms with E-state index in [-0.39, 0.29) is 10.8 Å². The molecule has 0 fully saturated rings. The molecule has 0 radical (unpaired) electrons. The molecule has 0 aliphatic rings. The molecule has 1 aromatic carbocycles. The lowest BCUT2D eigenvalue weighted by atomic mass is 10.3. The lowest BCUT2D eigenvalue weighted by Crippen LogP contribution is -2.35. The number of amides is 2. The van der Waals surface area contributed by atoms with E-state index in [1.54, 1.807) is 0 Å². The number of benzene rings is 1. The zero-order chi connectivity index (χ0) is 19.7. The minimum absolute atomic E-state index is 0.0393. The first kappa shape index (κ1) is 21.6. The van der Waals surface area contributed by atoms with E-state index in [9.17, 15) is 22.8 Å². The second kappa shape index (κ2) is 9.88. The SMILES string of the molecule is CCCNC(=O)COC(=O)CN(C)S(=O)(=O)c1ccc(NC(C)=O)cc1. The Morgan fingerprint density at radius 1 is 1.15 bits per heavy atom. The Bertz CT molecular complexity index is 746. The van der Waals surface area contributed by atoms with Crippen LogP contribution in [0.2, 0.25) is 0 Å². The molecule has 10 heteroatoms. The standard InChI is InChI=1S/C16H23N3O6S/c1-4-9-17-15(21)11-25-16(22)10-19(3)26(23,24)14-7-5-13(6-8-14)18-12(2)20/h5-8H,4,9-11H2,1-3H3,(H,17,21)(H,18,20). The minimum atomic E-state index is -3.91. The Balaban J connectivity index is 2.64. The van der Waals surface area contributed by atoms with Gasteiger partial charge in [-0.3, -0.25) is 14.4 Å². The zero-order valence-corrected chi connectivity index (χ0v) is 15.8. The number of hydrogen-bond acceptors (Lipinski definition) is 6. The highest BCUT2D eigenvalue weighted by molar-refractivity contribution is 7.89. The molecule has 0 heterocycles. The van der Waals surface area contributed by atoms with Crippen LogP contribution in [0.4, 0.5) is 5.69 Å². The van der Waals surface area contributed by atoms with Crippen LogP contribution in [0.1, 0.15) is 20.3 Å². The fourth-order valence-corrected chi connectivity index (χ4v) is 2.98. The van der Waals surface area contributed by atoms with Gasteiger partial charge in [-0.25, -0.2) is 8.42 Å². The van der Waals surface area contributed by atoms with Crippen molar-refractivity contribution in [1.29, 1.82) is 0 Å². The van der Waals surface area contributed by atoms with E-state index >= 15 is 0 Å². The van der Waals surface area contributed by atoms with Crippen LogP contribution in [0.5, 0.6) is 0 Å². The van der Waals surface area contributed by atoms with Crippen LogP contribution in [0.25, 0.3) is 0 Å². The van der Waals surface area contributed by atoms with Gasteiger partial charge in [0, 0.05) is 26.2 Å². The van der Waals surface area contributed by atoms with Crippen molar-refractivity contribution in [2.24, 2.45) is 0 Å². The van der Waals surface area contributed by atoms with Gasteiger partial charge in [0.25, 0.3) is 5.91 Å². The average Bonchev–Trinajstić information content (AvgIpc) is 2.58. The molecule has 0 bridgehead atoms. The smallest absolute Gasteiger partial charge is 0.321 e. The van der Waals surface area contributed by atoms with Gasteiger partial charge in [0.05, 0.1) is 4.90 Å². The topological polar surface area (TPSA) is 122 Å². The summed E-state index contributed by atoms with van der Waals surface area (Å²) in [6, 6.07) is 5.53. The summed E-state index contributed by atoms with van der Waals surface area (Å²) in [5.41, 5.74) is 0.455. The third kappa shape index (κ3) is 6.81. The summed E-state index contributed by atoms with van der Waals surface area (Å²) in [6.07, 6.45) is 0.751. The van der Waals surface area contributed by atoms with Crippen molar-refractivity contribution in [3.63, 3.8) is 0 Å². The van der Waals surface area contributed by atoms with Gasteiger partial charge in [0.2, 0.25) is 15.9 Å². The van der Waals surface area contributed by atoms with Crippen molar-refractivity contribution in [2.75, 3.05) is 32.1 Å². The minimum Gasteiger partial charge on any atom is -0.455 e. The van der Waals surface area contributed by atoms with Gasteiger partial charge in [-0.15, -0.1) is 0 Å². The van der Waals surface area contributed by atoms with E-state index in [1.165, 1.54) is 38.2 Å². The summed E-state index contributed by atoms with van der Waals surface area (Å²) >= 11 is 0. The number of rotatable bonds is 9. The lowest BCUT2D eigenvalue weighted by molar-refractivity contribution is -0.148. The molecule has 0 saturated carbocycles. The van der Waals surface area contributed by atoms with Crippen LogP contribution in [0.3, 0.4) is 0 Å². The first-order valence-corrected chi connectivity index (χ1v) is 9.37. The summed E-state index contributed by atoms with van der Waals surface area (Å²) in [5.74, 6) is -1.56. The van der Waals surface area contributed by atoms with E-state index in [2.05, 4.69) is 10.6 Å². The second-order valence-corrected chi connectivity index (χ2v) is 7.52. The summed E-state index contributed by atoms with van der Waals surface area (Å²) < 4.78 is 30.5. The van der Waals surface area contributed by atoms with Crippen LogP contribution in [-0.4, -0.2) is 57.3 Å². The average molecular weight is 385 g/mol.